The Labute approximate surface area is 380 Å². The zero-order valence-corrected chi connectivity index (χ0v) is 38.4. The van der Waals surface area contributed by atoms with Gasteiger partial charge in [-0.05, 0) is 127 Å². The molecule has 4 aromatic heterocycles. The average Bonchev–Trinajstić information content (AvgIpc) is 3.90. The molecule has 0 aliphatic carbocycles. The Balaban J connectivity index is 0.000000165. The fourth-order valence-corrected chi connectivity index (χ4v) is 9.85. The molecule has 0 bridgehead atoms. The third kappa shape index (κ3) is 9.29. The second kappa shape index (κ2) is 17.9. The van der Waals surface area contributed by atoms with E-state index in [4.69, 9.17) is 14.9 Å². The van der Waals surface area contributed by atoms with Crippen LogP contribution in [-0.2, 0) is 14.8 Å². The number of piperidine rings is 2. The van der Waals surface area contributed by atoms with Crippen molar-refractivity contribution < 1.29 is 17.9 Å². The second-order valence-corrected chi connectivity index (χ2v) is 19.9. The maximum absolute atomic E-state index is 12.2. The number of nitrogens with one attached hydrogen (secondary N) is 1. The van der Waals surface area contributed by atoms with Gasteiger partial charge in [0.2, 0.25) is 10.0 Å². The lowest BCUT2D eigenvalue weighted by atomic mass is 9.89. The highest BCUT2D eigenvalue weighted by Crippen LogP contribution is 2.36. The molecule has 0 spiro atoms. The van der Waals surface area contributed by atoms with E-state index in [1.165, 1.54) is 24.0 Å². The normalized spacial score (nSPS) is 15.4. The Hall–Kier alpha value is -6.00. The van der Waals surface area contributed by atoms with E-state index in [1.807, 2.05) is 62.6 Å². The van der Waals surface area contributed by atoms with Crippen LogP contribution in [0.4, 0.5) is 4.79 Å². The summed E-state index contributed by atoms with van der Waals surface area (Å²) in [5.41, 5.74) is 9.67. The van der Waals surface area contributed by atoms with Gasteiger partial charge < -0.3 is 15.0 Å². The lowest BCUT2D eigenvalue weighted by Crippen LogP contribution is -2.41. The van der Waals surface area contributed by atoms with Crippen LogP contribution in [0.15, 0.2) is 131 Å². The summed E-state index contributed by atoms with van der Waals surface area (Å²) in [4.78, 5) is 23.4. The first kappa shape index (κ1) is 43.3. The molecule has 2 aliphatic heterocycles. The van der Waals surface area contributed by atoms with Crippen molar-refractivity contribution in [3.63, 3.8) is 0 Å². The lowest BCUT2D eigenvalue weighted by Gasteiger charge is -2.33. The molecule has 3 N–H and O–H groups in total. The highest BCUT2D eigenvalue weighted by molar-refractivity contribution is 9.10. The van der Waals surface area contributed by atoms with Crippen LogP contribution in [0.25, 0.3) is 55.4 Å². The summed E-state index contributed by atoms with van der Waals surface area (Å²) in [7, 11) is -3.84. The number of halogens is 1. The van der Waals surface area contributed by atoms with Gasteiger partial charge in [-0.3, -0.25) is 0 Å². The number of sulfonamides is 1. The van der Waals surface area contributed by atoms with Crippen molar-refractivity contribution in [2.75, 3.05) is 26.2 Å². The number of aromatic nitrogens is 6. The maximum Gasteiger partial charge on any atom is 0.410 e. The maximum atomic E-state index is 12.2. The minimum Gasteiger partial charge on any atom is -0.444 e. The van der Waals surface area contributed by atoms with Gasteiger partial charge in [-0.25, -0.2) is 37.4 Å². The number of fused-ring (bicyclic) bond motifs is 3. The van der Waals surface area contributed by atoms with E-state index in [9.17, 15) is 13.2 Å². The Morgan fingerprint density at radius 2 is 1.23 bits per heavy atom. The molecule has 4 aromatic carbocycles. The number of hydrogen-bond acceptors (Lipinski definition) is 9. The van der Waals surface area contributed by atoms with Gasteiger partial charge in [-0.15, -0.1) is 0 Å². The van der Waals surface area contributed by atoms with Crippen molar-refractivity contribution >= 4 is 54.1 Å². The van der Waals surface area contributed by atoms with Crippen LogP contribution in [-0.4, -0.2) is 80.4 Å². The van der Waals surface area contributed by atoms with Crippen LogP contribution in [0.1, 0.15) is 69.4 Å². The van der Waals surface area contributed by atoms with Gasteiger partial charge in [0.25, 0.3) is 0 Å². The van der Waals surface area contributed by atoms with E-state index in [0.29, 0.717) is 22.9 Å². The minimum atomic E-state index is -3.84. The summed E-state index contributed by atoms with van der Waals surface area (Å²) in [6, 6.07) is 28.1. The quantitative estimate of drug-likeness (QED) is 0.165. The molecule has 0 saturated carbocycles. The molecule has 2 saturated heterocycles. The van der Waals surface area contributed by atoms with Gasteiger partial charge in [-0.2, -0.15) is 10.2 Å². The number of amides is 1. The predicted octanol–water partition coefficient (Wildman–Crippen LogP) is 9.60. The predicted molar refractivity (Wildman–Crippen MR) is 253 cm³/mol. The number of carbonyl (C=O) groups is 1. The van der Waals surface area contributed by atoms with Crippen molar-refractivity contribution in [2.45, 2.75) is 68.8 Å². The topological polar surface area (TPSA) is 162 Å². The van der Waals surface area contributed by atoms with Crippen LogP contribution in [0.5, 0.6) is 0 Å². The number of benzene rings is 4. The van der Waals surface area contributed by atoms with Crippen molar-refractivity contribution in [1.29, 1.82) is 0 Å². The number of primary sulfonamides is 1. The highest BCUT2D eigenvalue weighted by atomic mass is 79.9. The van der Waals surface area contributed by atoms with E-state index in [2.05, 4.69) is 85.0 Å². The molecule has 1 amide bonds. The van der Waals surface area contributed by atoms with Crippen molar-refractivity contribution in [3.8, 4) is 33.4 Å². The van der Waals surface area contributed by atoms with Gasteiger partial charge in [0.15, 0.2) is 11.3 Å². The van der Waals surface area contributed by atoms with Crippen molar-refractivity contribution in [2.24, 2.45) is 5.14 Å². The highest BCUT2D eigenvalue weighted by Gasteiger charge is 2.28. The second-order valence-electron chi connectivity index (χ2n) is 17.5. The first-order valence-corrected chi connectivity index (χ1v) is 23.9. The molecule has 2 aliphatic rings. The summed E-state index contributed by atoms with van der Waals surface area (Å²) in [6.45, 7) is 9.32. The summed E-state index contributed by atoms with van der Waals surface area (Å²) in [5.74, 6) is 1.08. The standard InChI is InChI=1S/C27H25N5O2S.C22H25BrN4O2/c28-35(33,34)26-10-9-23(22-3-1-2-4-24(22)26)25-16-31-32-17-21(15-30-27(25)32)19-7-5-18(6-8-19)20-11-13-29-14-12-20;1-22(2,3)29-21(28)26-10-8-17(9-11-26)15-4-6-16(7-5-15)18-12-24-20-19(23)13-25-27(20)14-18/h1-10,15-17,20,29H,11-14H2,(H2,28,33,34);4-7,12-14,17H,8-11H2,1-3H3. The molecule has 2 fully saturated rings. The average molecular weight is 941 g/mol. The molecular weight excluding hydrogens is 891 g/mol. The van der Waals surface area contributed by atoms with Crippen LogP contribution in [0.3, 0.4) is 0 Å². The third-order valence-corrected chi connectivity index (χ3v) is 13.6. The SMILES string of the molecule is CC(C)(C)OC(=O)N1CCC(c2ccc(-c3cnc4c(Br)cnn4c3)cc2)CC1.NS(=O)(=O)c1ccc(-c2cnn3cc(-c4ccc(C5CCNCC5)cc4)cnc23)c2ccccc12. The number of likely N-dealkylation sites (tertiary alicyclic amines) is 1. The van der Waals surface area contributed by atoms with Gasteiger partial charge in [0.05, 0.1) is 21.8 Å². The van der Waals surface area contributed by atoms with Gasteiger partial charge >= 0.3 is 6.09 Å². The van der Waals surface area contributed by atoms with Crippen LogP contribution in [0, 0.1) is 0 Å². The molecule has 6 heterocycles. The summed E-state index contributed by atoms with van der Waals surface area (Å²) in [5, 5.41) is 19.1. The molecule has 64 heavy (non-hydrogen) atoms. The number of hydrogen-bond donors (Lipinski definition) is 2. The number of rotatable bonds is 6. The zero-order valence-electron chi connectivity index (χ0n) is 36.0. The smallest absolute Gasteiger partial charge is 0.410 e. The van der Waals surface area contributed by atoms with Gasteiger partial charge in [0, 0.05) is 60.0 Å². The van der Waals surface area contributed by atoms with Gasteiger partial charge in [-0.1, -0.05) is 78.9 Å². The third-order valence-electron chi connectivity index (χ3n) is 12.1. The molecule has 0 atom stereocenters. The minimum absolute atomic E-state index is 0.108. The van der Waals surface area contributed by atoms with E-state index >= 15 is 0 Å². The Kier molecular flexibility index (Phi) is 12.1. The summed E-state index contributed by atoms with van der Waals surface area (Å²) in [6.07, 6.45) is 15.3. The summed E-state index contributed by atoms with van der Waals surface area (Å²) < 4.78 is 34.1. The molecule has 13 nitrogen and oxygen atoms in total. The zero-order chi connectivity index (χ0) is 44.6. The molecule has 0 unspecified atom stereocenters. The summed E-state index contributed by atoms with van der Waals surface area (Å²) >= 11 is 3.45. The van der Waals surface area contributed by atoms with Crippen molar-refractivity contribution in [3.05, 3.63) is 138 Å². The van der Waals surface area contributed by atoms with E-state index in [-0.39, 0.29) is 11.0 Å². The molecular formula is C49H50BrN9O4S. The molecule has 10 rings (SSSR count). The number of ether oxygens (including phenoxy) is 1. The monoisotopic (exact) mass is 939 g/mol. The number of carbonyl (C=O) groups excluding carboxylic acids is 1. The van der Waals surface area contributed by atoms with E-state index in [0.717, 1.165) is 87.9 Å². The number of nitrogens with zero attached hydrogens (tertiary/aromatic N) is 7. The van der Waals surface area contributed by atoms with Crippen molar-refractivity contribution in [1.82, 2.24) is 39.4 Å². The molecule has 328 valence electrons. The lowest BCUT2D eigenvalue weighted by molar-refractivity contribution is 0.0205. The first-order valence-electron chi connectivity index (χ1n) is 21.6. The number of nitrogens with two attached hydrogens (primary N) is 1. The van der Waals surface area contributed by atoms with Gasteiger partial charge in [0.1, 0.15) is 5.60 Å². The Morgan fingerprint density at radius 3 is 1.83 bits per heavy atom. The largest absolute Gasteiger partial charge is 0.444 e. The Bertz CT molecular complexity index is 3080. The van der Waals surface area contributed by atoms with Crippen LogP contribution in [0.2, 0.25) is 0 Å². The van der Waals surface area contributed by atoms with E-state index in [1.54, 1.807) is 45.7 Å². The fraction of sp³-hybridized carbons (Fsp3) is 0.286. The van der Waals surface area contributed by atoms with Crippen LogP contribution < -0.4 is 10.5 Å². The molecule has 15 heteroatoms. The first-order chi connectivity index (χ1) is 30.8. The fourth-order valence-electron chi connectivity index (χ4n) is 8.74. The van der Waals surface area contributed by atoms with E-state index < -0.39 is 15.6 Å². The Morgan fingerprint density at radius 1 is 0.688 bits per heavy atom. The molecule has 0 radical (unpaired) electrons. The van der Waals surface area contributed by atoms with Crippen LogP contribution >= 0.6 is 15.9 Å². The molecule has 8 aromatic rings.